The van der Waals surface area contributed by atoms with Crippen molar-refractivity contribution >= 4 is 11.7 Å². The highest BCUT2D eigenvalue weighted by atomic mass is 16.5. The van der Waals surface area contributed by atoms with E-state index in [1.165, 1.54) is 0 Å². The van der Waals surface area contributed by atoms with Gasteiger partial charge in [-0.15, -0.1) is 0 Å². The number of nitrogens with one attached hydrogen (secondary N) is 2. The number of carbonyl (C=O) groups is 1. The van der Waals surface area contributed by atoms with E-state index in [0.717, 1.165) is 11.3 Å². The molecule has 2 unspecified atom stereocenters. The molecule has 1 aromatic carbocycles. The lowest BCUT2D eigenvalue weighted by Crippen LogP contribution is -2.36. The van der Waals surface area contributed by atoms with Crippen LogP contribution < -0.4 is 15.4 Å². The molecule has 20 heavy (non-hydrogen) atoms. The van der Waals surface area contributed by atoms with Crippen molar-refractivity contribution in [2.45, 2.75) is 19.1 Å². The number of pyridine rings is 1. The Morgan fingerprint density at radius 3 is 2.90 bits per heavy atom. The van der Waals surface area contributed by atoms with Crippen molar-refractivity contribution in [3.8, 4) is 5.75 Å². The van der Waals surface area contributed by atoms with E-state index in [1.54, 1.807) is 24.5 Å². The lowest BCUT2D eigenvalue weighted by Gasteiger charge is -2.17. The van der Waals surface area contributed by atoms with Crippen molar-refractivity contribution < 1.29 is 9.53 Å². The van der Waals surface area contributed by atoms with Crippen LogP contribution in [0.4, 0.5) is 10.5 Å². The van der Waals surface area contributed by atoms with Crippen LogP contribution in [-0.2, 0) is 0 Å². The van der Waals surface area contributed by atoms with E-state index in [0.29, 0.717) is 5.69 Å². The van der Waals surface area contributed by atoms with Crippen molar-refractivity contribution in [3.05, 3.63) is 54.4 Å². The molecule has 2 heterocycles. The maximum Gasteiger partial charge on any atom is 0.319 e. The molecule has 0 radical (unpaired) electrons. The Bertz CT molecular complexity index is 616. The van der Waals surface area contributed by atoms with Gasteiger partial charge in [0, 0.05) is 11.8 Å². The number of hydrogen-bond acceptors (Lipinski definition) is 3. The SMILES string of the molecule is CC1Oc2ccccc2C1NC(=O)Nc1cccnc1. The lowest BCUT2D eigenvalue weighted by molar-refractivity contribution is 0.204. The largest absolute Gasteiger partial charge is 0.488 e. The summed E-state index contributed by atoms with van der Waals surface area (Å²) in [4.78, 5) is 16.0. The molecule has 1 aliphatic rings. The number of urea groups is 1. The van der Waals surface area contributed by atoms with Gasteiger partial charge in [-0.3, -0.25) is 4.98 Å². The lowest BCUT2D eigenvalue weighted by atomic mass is 10.1. The third-order valence-electron chi connectivity index (χ3n) is 3.24. The topological polar surface area (TPSA) is 63.2 Å². The predicted molar refractivity (Wildman–Crippen MR) is 75.7 cm³/mol. The van der Waals surface area contributed by atoms with Gasteiger partial charge in [-0.1, -0.05) is 18.2 Å². The van der Waals surface area contributed by atoms with Crippen LogP contribution in [0.3, 0.4) is 0 Å². The van der Waals surface area contributed by atoms with Gasteiger partial charge < -0.3 is 15.4 Å². The fourth-order valence-electron chi connectivity index (χ4n) is 2.31. The first kappa shape index (κ1) is 12.5. The minimum Gasteiger partial charge on any atom is -0.488 e. The van der Waals surface area contributed by atoms with Crippen LogP contribution in [0.15, 0.2) is 48.8 Å². The molecule has 5 nitrogen and oxygen atoms in total. The quantitative estimate of drug-likeness (QED) is 0.881. The minimum absolute atomic E-state index is 0.0907. The molecule has 102 valence electrons. The third kappa shape index (κ3) is 2.42. The van der Waals surface area contributed by atoms with E-state index in [2.05, 4.69) is 15.6 Å². The standard InChI is InChI=1S/C15H15N3O2/c1-10-14(12-6-2-3-7-13(12)20-10)18-15(19)17-11-5-4-8-16-9-11/h2-10,14H,1H3,(H2,17,18,19). The summed E-state index contributed by atoms with van der Waals surface area (Å²) < 4.78 is 5.72. The molecule has 2 amide bonds. The van der Waals surface area contributed by atoms with Gasteiger partial charge in [0.1, 0.15) is 11.9 Å². The number of aromatic nitrogens is 1. The summed E-state index contributed by atoms with van der Waals surface area (Å²) in [6, 6.07) is 10.9. The molecule has 0 bridgehead atoms. The van der Waals surface area contributed by atoms with Gasteiger partial charge in [0.2, 0.25) is 0 Å². The normalized spacial score (nSPS) is 19.9. The molecule has 0 fully saturated rings. The van der Waals surface area contributed by atoms with Gasteiger partial charge in [0.15, 0.2) is 0 Å². The number of ether oxygens (including phenoxy) is 1. The number of benzene rings is 1. The molecule has 2 N–H and O–H groups in total. The Labute approximate surface area is 117 Å². The van der Waals surface area contributed by atoms with Gasteiger partial charge in [0.05, 0.1) is 17.9 Å². The first-order valence-corrected chi connectivity index (χ1v) is 6.47. The fourth-order valence-corrected chi connectivity index (χ4v) is 2.31. The second kappa shape index (κ2) is 5.21. The molecule has 1 aromatic heterocycles. The zero-order chi connectivity index (χ0) is 13.9. The summed E-state index contributed by atoms with van der Waals surface area (Å²) in [6.07, 6.45) is 3.17. The van der Waals surface area contributed by atoms with Gasteiger partial charge in [-0.05, 0) is 25.1 Å². The summed E-state index contributed by atoms with van der Waals surface area (Å²) in [6.45, 7) is 1.94. The predicted octanol–water partition coefficient (Wildman–Crippen LogP) is 2.73. The van der Waals surface area contributed by atoms with Crippen LogP contribution in [0.1, 0.15) is 18.5 Å². The minimum atomic E-state index is -0.268. The maximum atomic E-state index is 12.0. The number of para-hydroxylation sites is 1. The summed E-state index contributed by atoms with van der Waals surface area (Å²) in [5.41, 5.74) is 1.66. The number of fused-ring (bicyclic) bond motifs is 1. The average Bonchev–Trinajstić information content (AvgIpc) is 2.76. The maximum absolute atomic E-state index is 12.0. The Kier molecular flexibility index (Phi) is 3.25. The number of hydrogen-bond donors (Lipinski definition) is 2. The van der Waals surface area contributed by atoms with Crippen LogP contribution in [-0.4, -0.2) is 17.1 Å². The van der Waals surface area contributed by atoms with Crippen molar-refractivity contribution in [3.63, 3.8) is 0 Å². The van der Waals surface area contributed by atoms with Crippen molar-refractivity contribution in [1.29, 1.82) is 0 Å². The van der Waals surface area contributed by atoms with Crippen LogP contribution in [0.5, 0.6) is 5.75 Å². The fraction of sp³-hybridized carbons (Fsp3) is 0.200. The molecule has 0 saturated carbocycles. The van der Waals surface area contributed by atoms with E-state index in [-0.39, 0.29) is 18.2 Å². The van der Waals surface area contributed by atoms with E-state index in [9.17, 15) is 4.79 Å². The first-order chi connectivity index (χ1) is 9.74. The molecule has 0 spiro atoms. The van der Waals surface area contributed by atoms with Gasteiger partial charge in [-0.25, -0.2) is 4.79 Å². The average molecular weight is 269 g/mol. The number of nitrogens with zero attached hydrogens (tertiary/aromatic N) is 1. The number of anilines is 1. The molecule has 3 rings (SSSR count). The second-order valence-corrected chi connectivity index (χ2v) is 4.68. The van der Waals surface area contributed by atoms with Crippen molar-refractivity contribution in [2.75, 3.05) is 5.32 Å². The van der Waals surface area contributed by atoms with Crippen LogP contribution in [0.2, 0.25) is 0 Å². The summed E-state index contributed by atoms with van der Waals surface area (Å²) in [7, 11) is 0. The Hall–Kier alpha value is -2.56. The zero-order valence-electron chi connectivity index (χ0n) is 11.0. The highest BCUT2D eigenvalue weighted by Crippen LogP contribution is 2.36. The van der Waals surface area contributed by atoms with Gasteiger partial charge in [-0.2, -0.15) is 0 Å². The third-order valence-corrected chi connectivity index (χ3v) is 3.24. The van der Waals surface area contributed by atoms with Crippen LogP contribution >= 0.6 is 0 Å². The zero-order valence-corrected chi connectivity index (χ0v) is 11.0. The molecular formula is C15H15N3O2. The van der Waals surface area contributed by atoms with E-state index >= 15 is 0 Å². The molecule has 0 aliphatic carbocycles. The van der Waals surface area contributed by atoms with Crippen molar-refractivity contribution in [2.24, 2.45) is 0 Å². The second-order valence-electron chi connectivity index (χ2n) is 4.68. The monoisotopic (exact) mass is 269 g/mol. The van der Waals surface area contributed by atoms with Crippen LogP contribution in [0.25, 0.3) is 0 Å². The number of carbonyl (C=O) groups excluding carboxylic acids is 1. The summed E-state index contributed by atoms with van der Waals surface area (Å²) in [5.74, 6) is 0.826. The van der Waals surface area contributed by atoms with Gasteiger partial charge in [0.25, 0.3) is 0 Å². The highest BCUT2D eigenvalue weighted by Gasteiger charge is 2.31. The molecule has 2 aromatic rings. The summed E-state index contributed by atoms with van der Waals surface area (Å²) in [5, 5.41) is 5.68. The Morgan fingerprint density at radius 2 is 2.10 bits per heavy atom. The molecular weight excluding hydrogens is 254 g/mol. The number of rotatable bonds is 2. The van der Waals surface area contributed by atoms with E-state index < -0.39 is 0 Å². The first-order valence-electron chi connectivity index (χ1n) is 6.47. The van der Waals surface area contributed by atoms with Crippen molar-refractivity contribution in [1.82, 2.24) is 10.3 Å². The highest BCUT2D eigenvalue weighted by molar-refractivity contribution is 5.89. The van der Waals surface area contributed by atoms with E-state index in [1.807, 2.05) is 31.2 Å². The van der Waals surface area contributed by atoms with Gasteiger partial charge >= 0.3 is 6.03 Å². The Morgan fingerprint density at radius 1 is 1.25 bits per heavy atom. The van der Waals surface area contributed by atoms with Crippen LogP contribution in [0, 0.1) is 0 Å². The number of amides is 2. The Balaban J connectivity index is 1.70. The molecule has 1 aliphatic heterocycles. The molecule has 0 saturated heterocycles. The molecule has 2 atom stereocenters. The summed E-state index contributed by atoms with van der Waals surface area (Å²) >= 11 is 0. The van der Waals surface area contributed by atoms with E-state index in [4.69, 9.17) is 4.74 Å². The smallest absolute Gasteiger partial charge is 0.319 e. The molecule has 5 heteroatoms.